The van der Waals surface area contributed by atoms with E-state index in [0.29, 0.717) is 6.32 Å². The molecular formula is C9H10BNO3. The van der Waals surface area contributed by atoms with Crippen LogP contribution in [0.2, 0.25) is 6.32 Å². The highest BCUT2D eigenvalue weighted by Crippen LogP contribution is 2.27. The number of hydrogen-bond donors (Lipinski definition) is 0. The van der Waals surface area contributed by atoms with E-state index in [1.807, 2.05) is 6.92 Å². The fourth-order valence-corrected chi connectivity index (χ4v) is 1.06. The third-order valence-electron chi connectivity index (χ3n) is 1.69. The number of rotatable bonds is 4. The van der Waals surface area contributed by atoms with Crippen LogP contribution < -0.4 is 4.74 Å². The number of nitro groups is 1. The van der Waals surface area contributed by atoms with Gasteiger partial charge < -0.3 is 4.74 Å². The molecule has 0 unspecified atom stereocenters. The summed E-state index contributed by atoms with van der Waals surface area (Å²) < 4.78 is 5.16. The molecule has 0 bridgehead atoms. The molecule has 1 aromatic carbocycles. The molecule has 0 atom stereocenters. The van der Waals surface area contributed by atoms with E-state index in [9.17, 15) is 10.1 Å². The normalized spacial score (nSPS) is 9.79. The summed E-state index contributed by atoms with van der Waals surface area (Å²) in [6.07, 6.45) is 0.338. The average molecular weight is 191 g/mol. The SMILES string of the molecule is [B]CCOc1cc(C)ccc1[N+](=O)[O-]. The van der Waals surface area contributed by atoms with Gasteiger partial charge in [-0.15, -0.1) is 0 Å². The summed E-state index contributed by atoms with van der Waals surface area (Å²) in [5.74, 6) is 0.278. The van der Waals surface area contributed by atoms with E-state index in [4.69, 9.17) is 12.6 Å². The maximum atomic E-state index is 10.6. The third-order valence-corrected chi connectivity index (χ3v) is 1.69. The highest BCUT2D eigenvalue weighted by atomic mass is 16.6. The van der Waals surface area contributed by atoms with Crippen molar-refractivity contribution in [2.75, 3.05) is 6.61 Å². The van der Waals surface area contributed by atoms with Gasteiger partial charge in [0, 0.05) is 6.07 Å². The molecule has 0 N–H and O–H groups in total. The summed E-state index contributed by atoms with van der Waals surface area (Å²) in [5, 5.41) is 10.6. The van der Waals surface area contributed by atoms with Crippen molar-refractivity contribution >= 4 is 13.5 Å². The van der Waals surface area contributed by atoms with Crippen LogP contribution in [0.1, 0.15) is 5.56 Å². The lowest BCUT2D eigenvalue weighted by molar-refractivity contribution is -0.385. The quantitative estimate of drug-likeness (QED) is 0.414. The van der Waals surface area contributed by atoms with Crippen molar-refractivity contribution in [1.29, 1.82) is 0 Å². The summed E-state index contributed by atoms with van der Waals surface area (Å²) in [4.78, 5) is 10.1. The molecule has 14 heavy (non-hydrogen) atoms. The lowest BCUT2D eigenvalue weighted by Gasteiger charge is -2.05. The van der Waals surface area contributed by atoms with Crippen LogP contribution in [-0.4, -0.2) is 19.4 Å². The molecule has 4 nitrogen and oxygen atoms in total. The van der Waals surface area contributed by atoms with Crippen LogP contribution in [-0.2, 0) is 0 Å². The highest BCUT2D eigenvalue weighted by Gasteiger charge is 2.13. The fraction of sp³-hybridized carbons (Fsp3) is 0.333. The van der Waals surface area contributed by atoms with Gasteiger partial charge in [0.25, 0.3) is 0 Å². The molecule has 0 amide bonds. The maximum absolute atomic E-state index is 10.6. The van der Waals surface area contributed by atoms with Crippen molar-refractivity contribution in [3.8, 4) is 5.75 Å². The van der Waals surface area contributed by atoms with E-state index < -0.39 is 4.92 Å². The molecular weight excluding hydrogens is 181 g/mol. The van der Waals surface area contributed by atoms with Crippen LogP contribution in [0.25, 0.3) is 0 Å². The van der Waals surface area contributed by atoms with Crippen LogP contribution in [0.3, 0.4) is 0 Å². The lowest BCUT2D eigenvalue weighted by Crippen LogP contribution is -2.00. The Labute approximate surface area is 83.4 Å². The Hall–Kier alpha value is -1.52. The average Bonchev–Trinajstić information content (AvgIpc) is 2.14. The fourth-order valence-electron chi connectivity index (χ4n) is 1.06. The van der Waals surface area contributed by atoms with Crippen molar-refractivity contribution in [2.45, 2.75) is 13.2 Å². The number of ether oxygens (including phenoxy) is 1. The van der Waals surface area contributed by atoms with E-state index >= 15 is 0 Å². The topological polar surface area (TPSA) is 52.4 Å². The van der Waals surface area contributed by atoms with Gasteiger partial charge in [0.15, 0.2) is 5.75 Å². The number of nitro benzene ring substituents is 1. The molecule has 0 aromatic heterocycles. The zero-order chi connectivity index (χ0) is 10.6. The minimum atomic E-state index is -0.467. The first-order valence-electron chi connectivity index (χ1n) is 4.23. The maximum Gasteiger partial charge on any atom is 0.310 e. The van der Waals surface area contributed by atoms with Gasteiger partial charge in [0.2, 0.25) is 0 Å². The second-order valence-corrected chi connectivity index (χ2v) is 2.87. The molecule has 1 aromatic rings. The molecule has 1 rings (SSSR count). The standard InChI is InChI=1S/C9H10BNO3/c1-7-2-3-8(11(12)13)9(6-7)14-5-4-10/h2-3,6H,4-5H2,1H3. The molecule has 0 aliphatic carbocycles. The number of benzene rings is 1. The summed E-state index contributed by atoms with van der Waals surface area (Å²) in [5.41, 5.74) is 0.895. The Bertz CT molecular complexity index is 341. The van der Waals surface area contributed by atoms with Gasteiger partial charge in [-0.3, -0.25) is 10.1 Å². The Kier molecular flexibility index (Phi) is 3.51. The Morgan fingerprint density at radius 2 is 2.29 bits per heavy atom. The molecule has 0 fully saturated rings. The van der Waals surface area contributed by atoms with Gasteiger partial charge in [0.05, 0.1) is 19.4 Å². The molecule has 5 heteroatoms. The lowest BCUT2D eigenvalue weighted by atomic mass is 10.1. The molecule has 0 spiro atoms. The van der Waals surface area contributed by atoms with Crippen LogP contribution in [0.5, 0.6) is 5.75 Å². The first-order chi connectivity index (χ1) is 6.65. The summed E-state index contributed by atoms with van der Waals surface area (Å²) in [6.45, 7) is 2.13. The van der Waals surface area contributed by atoms with E-state index in [1.165, 1.54) is 6.07 Å². The molecule has 0 aliphatic rings. The van der Waals surface area contributed by atoms with Crippen LogP contribution in [0.4, 0.5) is 5.69 Å². The van der Waals surface area contributed by atoms with E-state index in [0.717, 1.165) is 5.56 Å². The molecule has 2 radical (unpaired) electrons. The summed E-state index contributed by atoms with van der Waals surface area (Å²) in [6, 6.07) is 4.74. The minimum absolute atomic E-state index is 0.0240. The van der Waals surface area contributed by atoms with Gasteiger partial charge in [-0.1, -0.05) is 12.4 Å². The van der Waals surface area contributed by atoms with E-state index in [-0.39, 0.29) is 18.0 Å². The number of aryl methyl sites for hydroxylation is 1. The van der Waals surface area contributed by atoms with E-state index in [2.05, 4.69) is 0 Å². The van der Waals surface area contributed by atoms with Crippen molar-refractivity contribution in [2.24, 2.45) is 0 Å². The Morgan fingerprint density at radius 3 is 2.86 bits per heavy atom. The molecule has 72 valence electrons. The van der Waals surface area contributed by atoms with Crippen LogP contribution >= 0.6 is 0 Å². The monoisotopic (exact) mass is 191 g/mol. The molecule has 0 saturated heterocycles. The molecule has 0 aliphatic heterocycles. The largest absolute Gasteiger partial charge is 0.488 e. The second-order valence-electron chi connectivity index (χ2n) is 2.87. The van der Waals surface area contributed by atoms with Gasteiger partial charge in [-0.25, -0.2) is 0 Å². The summed E-state index contributed by atoms with van der Waals surface area (Å²) in [7, 11) is 5.25. The van der Waals surface area contributed by atoms with Crippen molar-refractivity contribution < 1.29 is 9.66 Å². The van der Waals surface area contributed by atoms with Crippen molar-refractivity contribution in [1.82, 2.24) is 0 Å². The highest BCUT2D eigenvalue weighted by molar-refractivity contribution is 6.08. The van der Waals surface area contributed by atoms with Crippen molar-refractivity contribution in [3.63, 3.8) is 0 Å². The second kappa shape index (κ2) is 4.65. The van der Waals surface area contributed by atoms with Gasteiger partial charge >= 0.3 is 5.69 Å². The zero-order valence-electron chi connectivity index (χ0n) is 7.90. The van der Waals surface area contributed by atoms with E-state index in [1.54, 1.807) is 12.1 Å². The first-order valence-corrected chi connectivity index (χ1v) is 4.23. The predicted molar refractivity (Wildman–Crippen MR) is 53.9 cm³/mol. The molecule has 0 heterocycles. The number of nitrogens with zero attached hydrogens (tertiary/aromatic N) is 1. The molecule has 0 saturated carbocycles. The smallest absolute Gasteiger partial charge is 0.310 e. The Morgan fingerprint density at radius 1 is 1.57 bits per heavy atom. The summed E-state index contributed by atoms with van der Waals surface area (Å²) >= 11 is 0. The first kappa shape index (κ1) is 10.6. The third kappa shape index (κ3) is 2.48. The zero-order valence-corrected chi connectivity index (χ0v) is 7.90. The minimum Gasteiger partial charge on any atom is -0.488 e. The van der Waals surface area contributed by atoms with Crippen LogP contribution in [0.15, 0.2) is 18.2 Å². The Balaban J connectivity index is 2.97. The predicted octanol–water partition coefficient (Wildman–Crippen LogP) is 1.87. The van der Waals surface area contributed by atoms with Gasteiger partial charge in [-0.2, -0.15) is 0 Å². The van der Waals surface area contributed by atoms with Crippen LogP contribution in [0, 0.1) is 17.0 Å². The van der Waals surface area contributed by atoms with Gasteiger partial charge in [0.1, 0.15) is 0 Å². The number of hydrogen-bond acceptors (Lipinski definition) is 3. The van der Waals surface area contributed by atoms with Crippen molar-refractivity contribution in [3.05, 3.63) is 33.9 Å². The van der Waals surface area contributed by atoms with Gasteiger partial charge in [-0.05, 0) is 18.6 Å².